The van der Waals surface area contributed by atoms with Gasteiger partial charge in [0, 0.05) is 12.8 Å². The van der Waals surface area contributed by atoms with Crippen LogP contribution in [0.15, 0.2) is 24.3 Å². The molecule has 0 atom stereocenters. The van der Waals surface area contributed by atoms with Crippen molar-refractivity contribution in [2.24, 2.45) is 0 Å². The Balaban J connectivity index is 2.36. The van der Waals surface area contributed by atoms with Gasteiger partial charge in [-0.1, -0.05) is 38.1 Å². The highest BCUT2D eigenvalue weighted by atomic mass is 16.5. The van der Waals surface area contributed by atoms with E-state index in [1.165, 1.54) is 0 Å². The second-order valence-corrected chi connectivity index (χ2v) is 4.64. The summed E-state index contributed by atoms with van der Waals surface area (Å²) in [5.41, 5.74) is 1.86. The highest BCUT2D eigenvalue weighted by Gasteiger charge is 2.03. The van der Waals surface area contributed by atoms with Crippen molar-refractivity contribution >= 4 is 11.9 Å². The molecule has 0 spiro atoms. The summed E-state index contributed by atoms with van der Waals surface area (Å²) in [7, 11) is 0. The fraction of sp³-hybridized carbons (Fsp3) is 0.500. The highest BCUT2D eigenvalue weighted by Crippen LogP contribution is 2.08. The number of carbonyl (C=O) groups is 2. The molecule has 1 aromatic rings. The quantitative estimate of drug-likeness (QED) is 0.684. The lowest BCUT2D eigenvalue weighted by Gasteiger charge is -2.06. The van der Waals surface area contributed by atoms with Crippen LogP contribution in [0.1, 0.15) is 50.7 Å². The number of hydrogen-bond acceptors (Lipinski definition) is 4. The molecule has 0 aromatic heterocycles. The average Bonchev–Trinajstić information content (AvgIpc) is 2.45. The summed E-state index contributed by atoms with van der Waals surface area (Å²) in [5.74, 6) is -0.352. The molecule has 0 aliphatic carbocycles. The lowest BCUT2D eigenvalue weighted by molar-refractivity contribution is -0.146. The van der Waals surface area contributed by atoms with E-state index in [0.717, 1.165) is 24.0 Å². The second-order valence-electron chi connectivity index (χ2n) is 4.64. The maximum Gasteiger partial charge on any atom is 0.306 e. The third kappa shape index (κ3) is 6.36. The molecular weight excluding hydrogens is 256 g/mol. The lowest BCUT2D eigenvalue weighted by atomic mass is 10.1. The van der Waals surface area contributed by atoms with Gasteiger partial charge in [-0.15, -0.1) is 0 Å². The van der Waals surface area contributed by atoms with E-state index in [1.807, 2.05) is 38.1 Å². The molecule has 0 radical (unpaired) electrons. The zero-order chi connectivity index (χ0) is 14.8. The van der Waals surface area contributed by atoms with Gasteiger partial charge < -0.3 is 9.47 Å². The molecule has 4 heteroatoms. The predicted molar refractivity (Wildman–Crippen MR) is 75.9 cm³/mol. The molecule has 0 saturated carbocycles. The van der Waals surface area contributed by atoms with Gasteiger partial charge in [0.25, 0.3) is 0 Å². The highest BCUT2D eigenvalue weighted by molar-refractivity contribution is 5.69. The number of carbonyl (C=O) groups excluding carboxylic acids is 2. The van der Waals surface area contributed by atoms with Crippen molar-refractivity contribution in [3.05, 3.63) is 35.4 Å². The van der Waals surface area contributed by atoms with Crippen LogP contribution in [-0.4, -0.2) is 11.9 Å². The molecule has 20 heavy (non-hydrogen) atoms. The van der Waals surface area contributed by atoms with Crippen molar-refractivity contribution in [3.8, 4) is 0 Å². The van der Waals surface area contributed by atoms with Crippen molar-refractivity contribution in [1.82, 2.24) is 0 Å². The maximum absolute atomic E-state index is 11.2. The van der Waals surface area contributed by atoms with Crippen molar-refractivity contribution in [2.75, 3.05) is 0 Å². The van der Waals surface area contributed by atoms with Gasteiger partial charge in [0.1, 0.15) is 13.2 Å². The summed E-state index contributed by atoms with van der Waals surface area (Å²) in [6.07, 6.45) is 2.48. The van der Waals surface area contributed by atoms with E-state index in [9.17, 15) is 9.59 Å². The largest absolute Gasteiger partial charge is 0.461 e. The summed E-state index contributed by atoms with van der Waals surface area (Å²) < 4.78 is 10.2. The Morgan fingerprint density at radius 1 is 0.800 bits per heavy atom. The first kappa shape index (κ1) is 16.2. The van der Waals surface area contributed by atoms with Gasteiger partial charge in [-0.3, -0.25) is 9.59 Å². The van der Waals surface area contributed by atoms with Crippen LogP contribution < -0.4 is 0 Å². The van der Waals surface area contributed by atoms with Gasteiger partial charge in [-0.2, -0.15) is 0 Å². The summed E-state index contributed by atoms with van der Waals surface area (Å²) >= 11 is 0. The first-order valence-corrected chi connectivity index (χ1v) is 7.04. The van der Waals surface area contributed by atoms with Crippen LogP contribution in [0.5, 0.6) is 0 Å². The number of benzene rings is 1. The van der Waals surface area contributed by atoms with E-state index >= 15 is 0 Å². The zero-order valence-corrected chi connectivity index (χ0v) is 12.2. The van der Waals surface area contributed by atoms with E-state index in [1.54, 1.807) is 0 Å². The van der Waals surface area contributed by atoms with Crippen molar-refractivity contribution in [1.29, 1.82) is 0 Å². The van der Waals surface area contributed by atoms with Gasteiger partial charge in [0.15, 0.2) is 0 Å². The molecule has 0 saturated heterocycles. The Morgan fingerprint density at radius 3 is 1.45 bits per heavy atom. The third-order valence-electron chi connectivity index (χ3n) is 2.73. The minimum absolute atomic E-state index is 0.176. The predicted octanol–water partition coefficient (Wildman–Crippen LogP) is 3.37. The van der Waals surface area contributed by atoms with E-state index in [4.69, 9.17) is 9.47 Å². The molecule has 0 amide bonds. The lowest BCUT2D eigenvalue weighted by Crippen LogP contribution is -2.05. The summed E-state index contributed by atoms with van der Waals surface area (Å²) in [6, 6.07) is 7.51. The number of rotatable bonds is 8. The molecule has 1 aromatic carbocycles. The van der Waals surface area contributed by atoms with Gasteiger partial charge in [-0.25, -0.2) is 0 Å². The first-order chi connectivity index (χ1) is 9.65. The smallest absolute Gasteiger partial charge is 0.306 e. The van der Waals surface area contributed by atoms with Crippen molar-refractivity contribution in [2.45, 2.75) is 52.7 Å². The van der Waals surface area contributed by atoms with Crippen molar-refractivity contribution < 1.29 is 19.1 Å². The number of hydrogen-bond donors (Lipinski definition) is 0. The van der Waals surface area contributed by atoms with E-state index in [2.05, 4.69) is 0 Å². The first-order valence-electron chi connectivity index (χ1n) is 7.04. The fourth-order valence-electron chi connectivity index (χ4n) is 1.61. The molecule has 0 aliphatic rings. The minimum Gasteiger partial charge on any atom is -0.461 e. The minimum atomic E-state index is -0.176. The molecule has 0 unspecified atom stereocenters. The summed E-state index contributed by atoms with van der Waals surface area (Å²) in [5, 5.41) is 0. The van der Waals surface area contributed by atoms with Gasteiger partial charge in [-0.05, 0) is 24.0 Å². The standard InChI is InChI=1S/C16H22O4/c1-3-5-15(17)19-11-13-7-9-14(10-8-13)12-20-16(18)6-4-2/h7-10H,3-6,11-12H2,1-2H3. The zero-order valence-electron chi connectivity index (χ0n) is 12.2. The summed E-state index contributed by atoms with van der Waals surface area (Å²) in [6.45, 7) is 4.45. The Labute approximate surface area is 120 Å². The Kier molecular flexibility index (Phi) is 7.40. The van der Waals surface area contributed by atoms with Crippen molar-refractivity contribution in [3.63, 3.8) is 0 Å². The molecule has 1 rings (SSSR count). The van der Waals surface area contributed by atoms with Crippen LogP contribution in [0.4, 0.5) is 0 Å². The van der Waals surface area contributed by atoms with Crippen LogP contribution in [-0.2, 0) is 32.3 Å². The normalized spacial score (nSPS) is 10.1. The van der Waals surface area contributed by atoms with Crippen LogP contribution in [0.25, 0.3) is 0 Å². The Hall–Kier alpha value is -1.84. The Bertz CT molecular complexity index is 382. The molecule has 0 aliphatic heterocycles. The molecular formula is C16H22O4. The van der Waals surface area contributed by atoms with Gasteiger partial charge >= 0.3 is 11.9 Å². The van der Waals surface area contributed by atoms with Crippen LogP contribution in [0.3, 0.4) is 0 Å². The topological polar surface area (TPSA) is 52.6 Å². The van der Waals surface area contributed by atoms with Crippen LogP contribution in [0, 0.1) is 0 Å². The second kappa shape index (κ2) is 9.13. The SMILES string of the molecule is CCCC(=O)OCc1ccc(COC(=O)CCC)cc1. The number of ether oxygens (including phenoxy) is 2. The molecule has 110 valence electrons. The summed E-state index contributed by atoms with van der Waals surface area (Å²) in [4.78, 5) is 22.5. The third-order valence-corrected chi connectivity index (χ3v) is 2.73. The fourth-order valence-corrected chi connectivity index (χ4v) is 1.61. The number of esters is 2. The van der Waals surface area contributed by atoms with Crippen LogP contribution in [0.2, 0.25) is 0 Å². The monoisotopic (exact) mass is 278 g/mol. The van der Waals surface area contributed by atoms with Gasteiger partial charge in [0.05, 0.1) is 0 Å². The molecule has 0 heterocycles. The molecule has 0 bridgehead atoms. The Morgan fingerprint density at radius 2 is 1.15 bits per heavy atom. The van der Waals surface area contributed by atoms with E-state index in [0.29, 0.717) is 12.8 Å². The molecule has 0 N–H and O–H groups in total. The van der Waals surface area contributed by atoms with E-state index in [-0.39, 0.29) is 25.2 Å². The maximum atomic E-state index is 11.2. The van der Waals surface area contributed by atoms with E-state index < -0.39 is 0 Å². The van der Waals surface area contributed by atoms with Crippen LogP contribution >= 0.6 is 0 Å². The molecule has 4 nitrogen and oxygen atoms in total. The van der Waals surface area contributed by atoms with Gasteiger partial charge in [0.2, 0.25) is 0 Å². The molecule has 0 fully saturated rings. The average molecular weight is 278 g/mol.